The van der Waals surface area contributed by atoms with Crippen LogP contribution in [0.5, 0.6) is 0 Å². The molecule has 1 aromatic heterocycles. The van der Waals surface area contributed by atoms with Crippen LogP contribution in [0, 0.1) is 11.8 Å². The molecule has 0 spiro atoms. The Bertz CT molecular complexity index is 549. The summed E-state index contributed by atoms with van der Waals surface area (Å²) in [7, 11) is 0. The van der Waals surface area contributed by atoms with Crippen LogP contribution >= 0.6 is 0 Å². The molecule has 3 rings (SSSR count). The summed E-state index contributed by atoms with van der Waals surface area (Å²) in [5.41, 5.74) is 8.59. The third-order valence-electron chi connectivity index (χ3n) is 4.13. The van der Waals surface area contributed by atoms with Crippen LogP contribution < -0.4 is 5.73 Å². The van der Waals surface area contributed by atoms with Gasteiger partial charge in [-0.25, -0.2) is 4.98 Å². The van der Waals surface area contributed by atoms with Gasteiger partial charge in [-0.05, 0) is 42.9 Å². The SMILES string of the molecule is Nc1ccc2c(c1)ncn2CC1CCCC1CO. The van der Waals surface area contributed by atoms with Gasteiger partial charge in [-0.1, -0.05) is 6.42 Å². The molecule has 1 aromatic carbocycles. The second-order valence-electron chi connectivity index (χ2n) is 5.28. The first-order chi connectivity index (χ1) is 8.78. The van der Waals surface area contributed by atoms with Crippen molar-refractivity contribution in [3.63, 3.8) is 0 Å². The van der Waals surface area contributed by atoms with E-state index in [4.69, 9.17) is 5.73 Å². The summed E-state index contributed by atoms with van der Waals surface area (Å²) in [5.74, 6) is 1.03. The molecule has 0 bridgehead atoms. The molecule has 4 heteroatoms. The van der Waals surface area contributed by atoms with Gasteiger partial charge in [-0.2, -0.15) is 0 Å². The molecular weight excluding hydrogens is 226 g/mol. The summed E-state index contributed by atoms with van der Waals surface area (Å²) in [6, 6.07) is 5.85. The molecule has 18 heavy (non-hydrogen) atoms. The molecule has 1 saturated carbocycles. The third-order valence-corrected chi connectivity index (χ3v) is 4.13. The van der Waals surface area contributed by atoms with Gasteiger partial charge in [-0.3, -0.25) is 0 Å². The van der Waals surface area contributed by atoms with E-state index in [0.717, 1.165) is 29.7 Å². The van der Waals surface area contributed by atoms with Crippen LogP contribution in [0.25, 0.3) is 11.0 Å². The molecule has 2 atom stereocenters. The van der Waals surface area contributed by atoms with Gasteiger partial charge in [0.05, 0.1) is 17.4 Å². The number of imidazole rings is 1. The van der Waals surface area contributed by atoms with E-state index >= 15 is 0 Å². The van der Waals surface area contributed by atoms with Crippen molar-refractivity contribution < 1.29 is 5.11 Å². The van der Waals surface area contributed by atoms with Crippen LogP contribution in [0.1, 0.15) is 19.3 Å². The number of rotatable bonds is 3. The third kappa shape index (κ3) is 1.97. The second kappa shape index (κ2) is 4.61. The van der Waals surface area contributed by atoms with Crippen LogP contribution in [-0.4, -0.2) is 21.3 Å². The van der Waals surface area contributed by atoms with Gasteiger partial charge < -0.3 is 15.4 Å². The zero-order valence-corrected chi connectivity index (χ0v) is 10.4. The minimum atomic E-state index is 0.310. The van der Waals surface area contributed by atoms with Gasteiger partial charge in [0.1, 0.15) is 0 Å². The van der Waals surface area contributed by atoms with Crippen molar-refractivity contribution in [1.82, 2.24) is 9.55 Å². The standard InChI is InChI=1S/C14H19N3O/c15-12-4-5-14-13(6-12)16-9-17(14)7-10-2-1-3-11(10)8-18/h4-6,9-11,18H,1-3,7-8,15H2. The second-order valence-corrected chi connectivity index (χ2v) is 5.28. The van der Waals surface area contributed by atoms with Gasteiger partial charge in [0, 0.05) is 18.8 Å². The fraction of sp³-hybridized carbons (Fsp3) is 0.500. The Kier molecular flexibility index (Phi) is 2.96. The zero-order valence-electron chi connectivity index (χ0n) is 10.4. The van der Waals surface area contributed by atoms with Crippen molar-refractivity contribution >= 4 is 16.7 Å². The highest BCUT2D eigenvalue weighted by Crippen LogP contribution is 2.33. The molecule has 1 heterocycles. The maximum absolute atomic E-state index is 9.37. The molecule has 1 aliphatic carbocycles. The van der Waals surface area contributed by atoms with Gasteiger partial charge in [0.15, 0.2) is 0 Å². The summed E-state index contributed by atoms with van der Waals surface area (Å²) in [5, 5.41) is 9.37. The number of benzene rings is 1. The van der Waals surface area contributed by atoms with Crippen LogP contribution in [0.2, 0.25) is 0 Å². The van der Waals surface area contributed by atoms with Gasteiger partial charge in [0.25, 0.3) is 0 Å². The lowest BCUT2D eigenvalue weighted by molar-refractivity contribution is 0.185. The van der Waals surface area contributed by atoms with Crippen molar-refractivity contribution in [1.29, 1.82) is 0 Å². The minimum absolute atomic E-state index is 0.310. The zero-order chi connectivity index (χ0) is 12.5. The topological polar surface area (TPSA) is 64.1 Å². The molecule has 0 radical (unpaired) electrons. The maximum Gasteiger partial charge on any atom is 0.0958 e. The first-order valence-corrected chi connectivity index (χ1v) is 6.59. The Labute approximate surface area is 106 Å². The average Bonchev–Trinajstić information content (AvgIpc) is 2.96. The number of hydrogen-bond donors (Lipinski definition) is 2. The highest BCUT2D eigenvalue weighted by atomic mass is 16.3. The first kappa shape index (κ1) is 11.5. The van der Waals surface area contributed by atoms with E-state index < -0.39 is 0 Å². The Hall–Kier alpha value is -1.55. The summed E-state index contributed by atoms with van der Waals surface area (Å²) >= 11 is 0. The molecule has 2 aromatic rings. The Morgan fingerprint density at radius 2 is 2.17 bits per heavy atom. The van der Waals surface area contributed by atoms with E-state index in [2.05, 4.69) is 9.55 Å². The predicted molar refractivity (Wildman–Crippen MR) is 72.1 cm³/mol. The molecule has 1 fully saturated rings. The van der Waals surface area contributed by atoms with Gasteiger partial charge in [-0.15, -0.1) is 0 Å². The normalized spacial score (nSPS) is 23.8. The van der Waals surface area contributed by atoms with Crippen LogP contribution in [0.15, 0.2) is 24.5 Å². The molecule has 96 valence electrons. The van der Waals surface area contributed by atoms with E-state index in [-0.39, 0.29) is 0 Å². The number of aliphatic hydroxyl groups excluding tert-OH is 1. The fourth-order valence-electron chi connectivity index (χ4n) is 3.07. The van der Waals surface area contributed by atoms with E-state index in [0.29, 0.717) is 18.4 Å². The highest BCUT2D eigenvalue weighted by Gasteiger charge is 2.27. The summed E-state index contributed by atoms with van der Waals surface area (Å²) < 4.78 is 2.19. The van der Waals surface area contributed by atoms with E-state index in [1.54, 1.807) is 0 Å². The first-order valence-electron chi connectivity index (χ1n) is 6.59. The molecule has 3 N–H and O–H groups in total. The van der Waals surface area contributed by atoms with Gasteiger partial charge >= 0.3 is 0 Å². The quantitative estimate of drug-likeness (QED) is 0.813. The number of aliphatic hydroxyl groups is 1. The monoisotopic (exact) mass is 245 g/mol. The Morgan fingerprint density at radius 1 is 1.33 bits per heavy atom. The maximum atomic E-state index is 9.37. The molecule has 0 amide bonds. The van der Waals surface area contributed by atoms with Crippen LogP contribution in [0.4, 0.5) is 5.69 Å². The average molecular weight is 245 g/mol. The summed E-state index contributed by atoms with van der Waals surface area (Å²) in [6.45, 7) is 1.26. The van der Waals surface area contributed by atoms with Crippen molar-refractivity contribution in [2.75, 3.05) is 12.3 Å². The van der Waals surface area contributed by atoms with Crippen molar-refractivity contribution in [2.24, 2.45) is 11.8 Å². The lowest BCUT2D eigenvalue weighted by Crippen LogP contribution is -2.17. The van der Waals surface area contributed by atoms with E-state index in [1.807, 2.05) is 24.5 Å². The van der Waals surface area contributed by atoms with E-state index in [1.165, 1.54) is 12.8 Å². The smallest absolute Gasteiger partial charge is 0.0958 e. The molecular formula is C14H19N3O. The summed E-state index contributed by atoms with van der Waals surface area (Å²) in [6.07, 6.45) is 5.48. The van der Waals surface area contributed by atoms with Crippen molar-refractivity contribution in [3.05, 3.63) is 24.5 Å². The van der Waals surface area contributed by atoms with Crippen LogP contribution in [0.3, 0.4) is 0 Å². The number of aromatic nitrogens is 2. The summed E-state index contributed by atoms with van der Waals surface area (Å²) in [4.78, 5) is 4.39. The van der Waals surface area contributed by atoms with E-state index in [9.17, 15) is 5.11 Å². The molecule has 4 nitrogen and oxygen atoms in total. The predicted octanol–water partition coefficient (Wildman–Crippen LogP) is 2.03. The largest absolute Gasteiger partial charge is 0.399 e. The lowest BCUT2D eigenvalue weighted by atomic mass is 9.97. The van der Waals surface area contributed by atoms with Crippen molar-refractivity contribution in [2.45, 2.75) is 25.8 Å². The Balaban J connectivity index is 1.86. The molecule has 0 saturated heterocycles. The van der Waals surface area contributed by atoms with Crippen LogP contribution in [-0.2, 0) is 6.54 Å². The Morgan fingerprint density at radius 3 is 3.00 bits per heavy atom. The van der Waals surface area contributed by atoms with Crippen molar-refractivity contribution in [3.8, 4) is 0 Å². The fourth-order valence-corrected chi connectivity index (χ4v) is 3.07. The minimum Gasteiger partial charge on any atom is -0.399 e. The molecule has 2 unspecified atom stereocenters. The molecule has 0 aliphatic heterocycles. The number of anilines is 1. The number of fused-ring (bicyclic) bond motifs is 1. The highest BCUT2D eigenvalue weighted by molar-refractivity contribution is 5.78. The molecule has 1 aliphatic rings. The lowest BCUT2D eigenvalue weighted by Gasteiger charge is -2.18. The van der Waals surface area contributed by atoms with Gasteiger partial charge in [0.2, 0.25) is 0 Å². The number of nitrogens with zero attached hydrogens (tertiary/aromatic N) is 2. The number of nitrogen functional groups attached to an aromatic ring is 1. The number of nitrogens with two attached hydrogens (primary N) is 1. The number of hydrogen-bond acceptors (Lipinski definition) is 3.